The van der Waals surface area contributed by atoms with Crippen LogP contribution in [0.4, 0.5) is 5.69 Å². The number of likely N-dealkylation sites (N-methyl/N-ethyl adjacent to an activating group) is 1. The average molecular weight is 466 g/mol. The fourth-order valence-corrected chi connectivity index (χ4v) is 4.41. The molecule has 0 saturated heterocycles. The van der Waals surface area contributed by atoms with Crippen molar-refractivity contribution in [3.05, 3.63) is 64.7 Å². The van der Waals surface area contributed by atoms with Crippen molar-refractivity contribution in [2.45, 2.75) is 26.3 Å². The fourth-order valence-electron chi connectivity index (χ4n) is 3.27. The number of sulfonamides is 1. The molecule has 2 aromatic carbocycles. The van der Waals surface area contributed by atoms with E-state index in [1.54, 1.807) is 32.0 Å². The van der Waals surface area contributed by atoms with Crippen LogP contribution < -0.4 is 9.62 Å². The van der Waals surface area contributed by atoms with Gasteiger partial charge in [0.05, 0.1) is 11.9 Å². The van der Waals surface area contributed by atoms with Crippen molar-refractivity contribution in [3.8, 4) is 0 Å². The smallest absolute Gasteiger partial charge is 0.244 e. The summed E-state index contributed by atoms with van der Waals surface area (Å²) in [6.07, 6.45) is 1.58. The van der Waals surface area contributed by atoms with Crippen LogP contribution in [-0.2, 0) is 26.0 Å². The van der Waals surface area contributed by atoms with E-state index in [-0.39, 0.29) is 12.5 Å². The van der Waals surface area contributed by atoms with Crippen LogP contribution in [0.3, 0.4) is 0 Å². The zero-order chi connectivity index (χ0) is 23.2. The number of halogens is 1. The van der Waals surface area contributed by atoms with Crippen LogP contribution in [0.2, 0.25) is 5.02 Å². The third kappa shape index (κ3) is 6.70. The van der Waals surface area contributed by atoms with E-state index < -0.39 is 28.5 Å². The van der Waals surface area contributed by atoms with Gasteiger partial charge in [-0.05, 0) is 49.6 Å². The van der Waals surface area contributed by atoms with Crippen LogP contribution in [0.1, 0.15) is 18.1 Å². The van der Waals surface area contributed by atoms with Crippen molar-refractivity contribution >= 4 is 39.1 Å². The molecule has 0 heterocycles. The second-order valence-corrected chi connectivity index (χ2v) is 9.66. The Hall–Kier alpha value is -2.58. The van der Waals surface area contributed by atoms with E-state index in [0.29, 0.717) is 22.7 Å². The zero-order valence-corrected chi connectivity index (χ0v) is 19.7. The lowest BCUT2D eigenvalue weighted by atomic mass is 10.1. The van der Waals surface area contributed by atoms with Crippen LogP contribution in [0.25, 0.3) is 0 Å². The van der Waals surface area contributed by atoms with Gasteiger partial charge in [-0.3, -0.25) is 13.9 Å². The van der Waals surface area contributed by atoms with Crippen molar-refractivity contribution in [3.63, 3.8) is 0 Å². The summed E-state index contributed by atoms with van der Waals surface area (Å²) in [4.78, 5) is 26.9. The molecule has 1 atom stereocenters. The zero-order valence-electron chi connectivity index (χ0n) is 18.1. The fraction of sp³-hybridized carbons (Fsp3) is 0.364. The summed E-state index contributed by atoms with van der Waals surface area (Å²) in [5.41, 5.74) is 2.01. The molecule has 0 bridgehead atoms. The largest absolute Gasteiger partial charge is 0.357 e. The molecule has 1 N–H and O–H groups in total. The first kappa shape index (κ1) is 24.7. The summed E-state index contributed by atoms with van der Waals surface area (Å²) in [7, 11) is -2.26. The Morgan fingerprint density at radius 1 is 1.13 bits per heavy atom. The minimum absolute atomic E-state index is 0.272. The second-order valence-electron chi connectivity index (χ2n) is 7.31. The van der Waals surface area contributed by atoms with Crippen LogP contribution in [0.5, 0.6) is 0 Å². The Bertz CT molecular complexity index is 1030. The molecule has 2 aromatic rings. The molecule has 0 aromatic heterocycles. The molecule has 0 saturated carbocycles. The summed E-state index contributed by atoms with van der Waals surface area (Å²) >= 11 is 6.00. The molecular formula is C22H28ClN3O4S. The molecule has 0 aliphatic carbocycles. The van der Waals surface area contributed by atoms with Gasteiger partial charge in [0.25, 0.3) is 0 Å². The summed E-state index contributed by atoms with van der Waals surface area (Å²) in [5, 5.41) is 3.02. The SMILES string of the molecule is CNC(=O)[C@@H](C)N(CCc1ccccc1)C(=O)CN(c1ccc(Cl)cc1C)S(C)(=O)=O. The molecule has 2 amide bonds. The monoisotopic (exact) mass is 465 g/mol. The predicted molar refractivity (Wildman–Crippen MR) is 124 cm³/mol. The van der Waals surface area contributed by atoms with E-state index in [4.69, 9.17) is 11.6 Å². The Morgan fingerprint density at radius 2 is 1.77 bits per heavy atom. The normalized spacial score (nSPS) is 12.2. The maximum Gasteiger partial charge on any atom is 0.244 e. The van der Waals surface area contributed by atoms with E-state index in [0.717, 1.165) is 16.1 Å². The van der Waals surface area contributed by atoms with Crippen LogP contribution in [0.15, 0.2) is 48.5 Å². The third-order valence-corrected chi connectivity index (χ3v) is 6.37. The van der Waals surface area contributed by atoms with Crippen LogP contribution >= 0.6 is 11.6 Å². The number of nitrogens with one attached hydrogen (secondary N) is 1. The standard InChI is InChI=1S/C22H28ClN3O4S/c1-16-14-19(23)10-11-20(16)26(31(4,29)30)15-21(27)25(17(2)22(28)24-3)13-12-18-8-6-5-7-9-18/h5-11,14,17H,12-13,15H2,1-4H3,(H,24,28)/t17-/m1/s1. The molecule has 0 aliphatic rings. The number of amides is 2. The van der Waals surface area contributed by atoms with Crippen LogP contribution in [-0.4, -0.2) is 57.6 Å². The molecule has 31 heavy (non-hydrogen) atoms. The van der Waals surface area contributed by atoms with Crippen molar-refractivity contribution < 1.29 is 18.0 Å². The van der Waals surface area contributed by atoms with E-state index in [1.807, 2.05) is 30.3 Å². The first-order chi connectivity index (χ1) is 14.5. The first-order valence-corrected chi connectivity index (χ1v) is 12.1. The van der Waals surface area contributed by atoms with Gasteiger partial charge in [0.15, 0.2) is 0 Å². The lowest BCUT2D eigenvalue weighted by Gasteiger charge is -2.31. The summed E-state index contributed by atoms with van der Waals surface area (Å²) in [6, 6.07) is 13.6. The van der Waals surface area contributed by atoms with Gasteiger partial charge in [-0.25, -0.2) is 8.42 Å². The van der Waals surface area contributed by atoms with Crippen molar-refractivity contribution in [1.29, 1.82) is 0 Å². The lowest BCUT2D eigenvalue weighted by molar-refractivity contribution is -0.138. The van der Waals surface area contributed by atoms with Gasteiger partial charge in [-0.15, -0.1) is 0 Å². The van der Waals surface area contributed by atoms with Gasteiger partial charge >= 0.3 is 0 Å². The van der Waals surface area contributed by atoms with Gasteiger partial charge < -0.3 is 10.2 Å². The molecule has 0 unspecified atom stereocenters. The molecule has 0 radical (unpaired) electrons. The lowest BCUT2D eigenvalue weighted by Crippen LogP contribution is -2.51. The van der Waals surface area contributed by atoms with Crippen molar-refractivity contribution in [1.82, 2.24) is 10.2 Å². The number of aryl methyl sites for hydroxylation is 1. The summed E-state index contributed by atoms with van der Waals surface area (Å²) in [6.45, 7) is 3.20. The number of hydrogen-bond donors (Lipinski definition) is 1. The highest BCUT2D eigenvalue weighted by Gasteiger charge is 2.29. The van der Waals surface area contributed by atoms with Crippen LogP contribution in [0, 0.1) is 6.92 Å². The maximum absolute atomic E-state index is 13.2. The molecule has 0 aliphatic heterocycles. The number of hydrogen-bond acceptors (Lipinski definition) is 4. The van der Waals surface area contributed by atoms with Gasteiger partial charge in [0.2, 0.25) is 21.8 Å². The Balaban J connectivity index is 2.32. The number of carbonyl (C=O) groups is 2. The Kier molecular flexibility index (Phi) is 8.47. The minimum Gasteiger partial charge on any atom is -0.357 e. The molecule has 0 spiro atoms. The maximum atomic E-state index is 13.2. The van der Waals surface area contributed by atoms with Gasteiger partial charge in [0, 0.05) is 18.6 Å². The number of anilines is 1. The second kappa shape index (κ2) is 10.6. The van der Waals surface area contributed by atoms with Crippen molar-refractivity contribution in [2.75, 3.05) is 30.7 Å². The minimum atomic E-state index is -3.76. The number of carbonyl (C=O) groups excluding carboxylic acids is 2. The Morgan fingerprint density at radius 3 is 2.32 bits per heavy atom. The Labute approximate surface area is 189 Å². The number of rotatable bonds is 9. The first-order valence-electron chi connectivity index (χ1n) is 9.83. The van der Waals surface area contributed by atoms with E-state index in [9.17, 15) is 18.0 Å². The summed E-state index contributed by atoms with van der Waals surface area (Å²) < 4.78 is 26.1. The van der Waals surface area contributed by atoms with E-state index >= 15 is 0 Å². The quantitative estimate of drug-likeness (QED) is 0.616. The molecule has 7 nitrogen and oxygen atoms in total. The highest BCUT2D eigenvalue weighted by Crippen LogP contribution is 2.25. The van der Waals surface area contributed by atoms with E-state index in [2.05, 4.69) is 5.32 Å². The highest BCUT2D eigenvalue weighted by atomic mass is 35.5. The average Bonchev–Trinajstić information content (AvgIpc) is 2.72. The molecular weight excluding hydrogens is 438 g/mol. The van der Waals surface area contributed by atoms with Gasteiger partial charge in [0.1, 0.15) is 12.6 Å². The molecule has 0 fully saturated rings. The molecule has 168 valence electrons. The number of nitrogens with zero attached hydrogens (tertiary/aromatic N) is 2. The van der Waals surface area contributed by atoms with Crippen molar-refractivity contribution in [2.24, 2.45) is 0 Å². The van der Waals surface area contributed by atoms with E-state index in [1.165, 1.54) is 11.9 Å². The van der Waals surface area contributed by atoms with Gasteiger partial charge in [-0.1, -0.05) is 41.9 Å². The molecule has 2 rings (SSSR count). The highest BCUT2D eigenvalue weighted by molar-refractivity contribution is 7.92. The predicted octanol–water partition coefficient (Wildman–Crippen LogP) is 2.62. The topological polar surface area (TPSA) is 86.8 Å². The third-order valence-electron chi connectivity index (χ3n) is 5.00. The summed E-state index contributed by atoms with van der Waals surface area (Å²) in [5.74, 6) is -0.790. The molecule has 9 heteroatoms. The number of benzene rings is 2. The van der Waals surface area contributed by atoms with Gasteiger partial charge in [-0.2, -0.15) is 0 Å².